The minimum Gasteiger partial charge on any atom is -0.350 e. The zero-order valence-electron chi connectivity index (χ0n) is 14.8. The van der Waals surface area contributed by atoms with Crippen molar-refractivity contribution in [1.82, 2.24) is 10.2 Å². The van der Waals surface area contributed by atoms with Crippen molar-refractivity contribution < 1.29 is 9.59 Å². The lowest BCUT2D eigenvalue weighted by Crippen LogP contribution is -2.53. The molecule has 1 saturated heterocycles. The van der Waals surface area contributed by atoms with E-state index < -0.39 is 5.54 Å². The molecule has 3 rings (SSSR count). The van der Waals surface area contributed by atoms with Gasteiger partial charge in [0.2, 0.25) is 11.8 Å². The van der Waals surface area contributed by atoms with E-state index in [-0.39, 0.29) is 11.8 Å². The maximum atomic E-state index is 12.8. The zero-order valence-corrected chi connectivity index (χ0v) is 14.8. The minimum absolute atomic E-state index is 0.0406. The van der Waals surface area contributed by atoms with Gasteiger partial charge in [0.05, 0.1) is 0 Å². The van der Waals surface area contributed by atoms with E-state index in [0.717, 1.165) is 16.7 Å². The maximum Gasteiger partial charge on any atom is 0.245 e. The number of rotatable bonds is 5. The molecular formula is C21H24N2O2. The molecule has 0 unspecified atom stereocenters. The molecule has 4 heteroatoms. The van der Waals surface area contributed by atoms with Crippen LogP contribution in [-0.2, 0) is 22.7 Å². The summed E-state index contributed by atoms with van der Waals surface area (Å²) in [6.07, 6.45) is 0.972. The first-order valence-electron chi connectivity index (χ1n) is 8.67. The van der Waals surface area contributed by atoms with Gasteiger partial charge in [0.25, 0.3) is 0 Å². The summed E-state index contributed by atoms with van der Waals surface area (Å²) in [6.45, 7) is 4.84. The van der Waals surface area contributed by atoms with Crippen LogP contribution in [0.1, 0.15) is 36.5 Å². The Morgan fingerprint density at radius 1 is 1.12 bits per heavy atom. The third-order valence-electron chi connectivity index (χ3n) is 4.93. The average molecular weight is 336 g/mol. The summed E-state index contributed by atoms with van der Waals surface area (Å²) >= 11 is 0. The molecule has 4 nitrogen and oxygen atoms in total. The predicted octanol–water partition coefficient (Wildman–Crippen LogP) is 3.19. The van der Waals surface area contributed by atoms with Crippen molar-refractivity contribution in [1.29, 1.82) is 0 Å². The fourth-order valence-corrected chi connectivity index (χ4v) is 3.36. The van der Waals surface area contributed by atoms with Crippen LogP contribution in [-0.4, -0.2) is 22.3 Å². The molecule has 25 heavy (non-hydrogen) atoms. The lowest BCUT2D eigenvalue weighted by atomic mass is 9.96. The van der Waals surface area contributed by atoms with Crippen LogP contribution in [0.2, 0.25) is 0 Å². The van der Waals surface area contributed by atoms with E-state index in [4.69, 9.17) is 0 Å². The number of aryl methyl sites for hydroxylation is 1. The van der Waals surface area contributed by atoms with Crippen LogP contribution in [0.5, 0.6) is 0 Å². The van der Waals surface area contributed by atoms with Gasteiger partial charge in [0, 0.05) is 19.5 Å². The number of hydrogen-bond acceptors (Lipinski definition) is 2. The molecule has 2 aromatic carbocycles. The van der Waals surface area contributed by atoms with Crippen molar-refractivity contribution in [3.05, 3.63) is 71.3 Å². The van der Waals surface area contributed by atoms with Crippen LogP contribution in [0.25, 0.3) is 0 Å². The van der Waals surface area contributed by atoms with Gasteiger partial charge in [-0.3, -0.25) is 9.59 Å². The number of likely N-dealkylation sites (tertiary alicyclic amines) is 1. The van der Waals surface area contributed by atoms with Crippen LogP contribution in [0.4, 0.5) is 0 Å². The first-order chi connectivity index (χ1) is 12.0. The summed E-state index contributed by atoms with van der Waals surface area (Å²) in [7, 11) is 0. The molecule has 0 bridgehead atoms. The van der Waals surface area contributed by atoms with Crippen molar-refractivity contribution in [2.45, 2.75) is 45.3 Å². The molecule has 1 aliphatic heterocycles. The maximum absolute atomic E-state index is 12.8. The Hall–Kier alpha value is -2.62. The van der Waals surface area contributed by atoms with Crippen LogP contribution < -0.4 is 5.32 Å². The Kier molecular flexibility index (Phi) is 4.88. The number of benzene rings is 2. The summed E-state index contributed by atoms with van der Waals surface area (Å²) in [4.78, 5) is 27.0. The summed E-state index contributed by atoms with van der Waals surface area (Å²) in [5, 5.41) is 3.00. The minimum atomic E-state index is -0.796. The van der Waals surface area contributed by atoms with Gasteiger partial charge in [-0.05, 0) is 31.4 Å². The van der Waals surface area contributed by atoms with E-state index in [1.54, 1.807) is 4.90 Å². The second kappa shape index (κ2) is 7.09. The molecule has 2 amide bonds. The molecular weight excluding hydrogens is 312 g/mol. The standard InChI is InChI=1S/C21H24N2O2/c1-16-7-6-10-18(13-16)15-23-19(24)11-12-21(23,2)20(25)22-14-17-8-4-3-5-9-17/h3-10,13H,11-12,14-15H2,1-2H3,(H,22,25)/t21-/m1/s1. The number of carbonyl (C=O) groups excluding carboxylic acids is 2. The van der Waals surface area contributed by atoms with Gasteiger partial charge in [-0.25, -0.2) is 0 Å². The lowest BCUT2D eigenvalue weighted by Gasteiger charge is -2.34. The van der Waals surface area contributed by atoms with Crippen molar-refractivity contribution >= 4 is 11.8 Å². The molecule has 0 aliphatic carbocycles. The van der Waals surface area contributed by atoms with Gasteiger partial charge in [0.1, 0.15) is 5.54 Å². The molecule has 130 valence electrons. The second-order valence-electron chi connectivity index (χ2n) is 6.91. The van der Waals surface area contributed by atoms with Crippen molar-refractivity contribution in [2.75, 3.05) is 0 Å². The molecule has 2 aromatic rings. The fourth-order valence-electron chi connectivity index (χ4n) is 3.36. The molecule has 1 N–H and O–H groups in total. The molecule has 0 aromatic heterocycles. The Labute approximate surface area is 148 Å². The van der Waals surface area contributed by atoms with Crippen molar-refractivity contribution in [3.63, 3.8) is 0 Å². The lowest BCUT2D eigenvalue weighted by molar-refractivity contribution is -0.141. The Bertz CT molecular complexity index is 772. The molecule has 0 spiro atoms. The molecule has 1 aliphatic rings. The average Bonchev–Trinajstić information content (AvgIpc) is 2.90. The Morgan fingerprint density at radius 3 is 2.56 bits per heavy atom. The highest BCUT2D eigenvalue weighted by atomic mass is 16.2. The van der Waals surface area contributed by atoms with Gasteiger partial charge < -0.3 is 10.2 Å². The highest BCUT2D eigenvalue weighted by Gasteiger charge is 2.46. The van der Waals surface area contributed by atoms with Gasteiger partial charge in [-0.1, -0.05) is 60.2 Å². The van der Waals surface area contributed by atoms with E-state index in [0.29, 0.717) is 25.9 Å². The first-order valence-corrected chi connectivity index (χ1v) is 8.67. The molecule has 1 fully saturated rings. The number of nitrogens with one attached hydrogen (secondary N) is 1. The molecule has 0 saturated carbocycles. The van der Waals surface area contributed by atoms with Crippen LogP contribution in [0.15, 0.2) is 54.6 Å². The van der Waals surface area contributed by atoms with E-state index in [1.165, 1.54) is 0 Å². The van der Waals surface area contributed by atoms with Gasteiger partial charge in [-0.2, -0.15) is 0 Å². The summed E-state index contributed by atoms with van der Waals surface area (Å²) < 4.78 is 0. The largest absolute Gasteiger partial charge is 0.350 e. The summed E-state index contributed by atoms with van der Waals surface area (Å²) in [5.41, 5.74) is 2.46. The Morgan fingerprint density at radius 2 is 1.84 bits per heavy atom. The SMILES string of the molecule is Cc1cccc(CN2C(=O)CC[C@]2(C)C(=O)NCc2ccccc2)c1. The summed E-state index contributed by atoms with van der Waals surface area (Å²) in [6, 6.07) is 17.9. The van der Waals surface area contributed by atoms with E-state index >= 15 is 0 Å². The van der Waals surface area contributed by atoms with Crippen molar-refractivity contribution in [2.24, 2.45) is 0 Å². The number of nitrogens with zero attached hydrogens (tertiary/aromatic N) is 1. The Balaban J connectivity index is 1.73. The predicted molar refractivity (Wildman–Crippen MR) is 97.7 cm³/mol. The quantitative estimate of drug-likeness (QED) is 0.911. The van der Waals surface area contributed by atoms with E-state index in [9.17, 15) is 9.59 Å². The second-order valence-corrected chi connectivity index (χ2v) is 6.91. The zero-order chi connectivity index (χ0) is 17.9. The number of carbonyl (C=O) groups is 2. The summed E-state index contributed by atoms with van der Waals surface area (Å²) in [5.74, 6) is -0.0475. The fraction of sp³-hybridized carbons (Fsp3) is 0.333. The van der Waals surface area contributed by atoms with Crippen LogP contribution >= 0.6 is 0 Å². The third kappa shape index (κ3) is 3.73. The van der Waals surface area contributed by atoms with Gasteiger partial charge >= 0.3 is 0 Å². The normalized spacial score (nSPS) is 19.9. The first kappa shape index (κ1) is 17.2. The van der Waals surface area contributed by atoms with Crippen LogP contribution in [0, 0.1) is 6.92 Å². The molecule has 0 radical (unpaired) electrons. The molecule has 1 heterocycles. The molecule has 1 atom stereocenters. The smallest absolute Gasteiger partial charge is 0.245 e. The third-order valence-corrected chi connectivity index (χ3v) is 4.93. The highest BCUT2D eigenvalue weighted by molar-refractivity contribution is 5.94. The topological polar surface area (TPSA) is 49.4 Å². The van der Waals surface area contributed by atoms with E-state index in [2.05, 4.69) is 11.4 Å². The number of amides is 2. The monoisotopic (exact) mass is 336 g/mol. The van der Waals surface area contributed by atoms with E-state index in [1.807, 2.05) is 62.4 Å². The highest BCUT2D eigenvalue weighted by Crippen LogP contribution is 2.32. The van der Waals surface area contributed by atoms with Crippen molar-refractivity contribution in [3.8, 4) is 0 Å². The van der Waals surface area contributed by atoms with Crippen LogP contribution in [0.3, 0.4) is 0 Å². The number of hydrogen-bond donors (Lipinski definition) is 1. The van der Waals surface area contributed by atoms with Gasteiger partial charge in [0.15, 0.2) is 0 Å². The van der Waals surface area contributed by atoms with Gasteiger partial charge in [-0.15, -0.1) is 0 Å².